The smallest absolute Gasteiger partial charge is 0.238 e. The van der Waals surface area contributed by atoms with Crippen LogP contribution in [0.2, 0.25) is 0 Å². The van der Waals surface area contributed by atoms with E-state index in [0.29, 0.717) is 18.9 Å². The summed E-state index contributed by atoms with van der Waals surface area (Å²) in [7, 11) is -3.73. The van der Waals surface area contributed by atoms with E-state index >= 15 is 0 Å². The van der Waals surface area contributed by atoms with E-state index in [-0.39, 0.29) is 34.9 Å². The molecule has 0 aliphatic carbocycles. The molecule has 2 fully saturated rings. The zero-order valence-corrected chi connectivity index (χ0v) is 18.2. The maximum absolute atomic E-state index is 14.0. The minimum atomic E-state index is -3.73. The van der Waals surface area contributed by atoms with Crippen molar-refractivity contribution < 1.29 is 26.4 Å². The van der Waals surface area contributed by atoms with Crippen molar-refractivity contribution in [2.75, 3.05) is 5.75 Å². The molecule has 2 N–H and O–H groups in total. The second-order valence-corrected chi connectivity index (χ2v) is 10.7. The largest absolute Gasteiger partial charge is 0.336 e. The van der Waals surface area contributed by atoms with E-state index in [9.17, 15) is 26.4 Å². The molecule has 4 atom stereocenters. The van der Waals surface area contributed by atoms with Crippen molar-refractivity contribution in [2.24, 2.45) is 11.7 Å². The molecule has 2 saturated heterocycles. The average molecular weight is 467 g/mol. The van der Waals surface area contributed by atoms with E-state index in [4.69, 9.17) is 5.73 Å². The van der Waals surface area contributed by atoms with Gasteiger partial charge in [-0.2, -0.15) is 0 Å². The second kappa shape index (κ2) is 8.86. The van der Waals surface area contributed by atoms with Crippen LogP contribution in [0.4, 0.5) is 13.2 Å². The highest BCUT2D eigenvalue weighted by atomic mass is 32.2. The SMILES string of the molecule is N[C@H](Cc1cc(F)c(F)cc1F)C1C[C@H]2CC[C@@H](C1)N2C(=O)CS(=O)(=O)c1ccccc1. The third-order valence-electron chi connectivity index (χ3n) is 6.62. The fourth-order valence-electron chi connectivity index (χ4n) is 5.06. The van der Waals surface area contributed by atoms with Gasteiger partial charge >= 0.3 is 0 Å². The van der Waals surface area contributed by atoms with Crippen LogP contribution in [0.1, 0.15) is 31.2 Å². The van der Waals surface area contributed by atoms with E-state index < -0.39 is 45.0 Å². The minimum absolute atomic E-state index is 0.0243. The van der Waals surface area contributed by atoms with Crippen LogP contribution < -0.4 is 5.73 Å². The Balaban J connectivity index is 1.42. The molecule has 2 aliphatic heterocycles. The summed E-state index contributed by atoms with van der Waals surface area (Å²) in [5, 5.41) is 0. The average Bonchev–Trinajstić information content (AvgIpc) is 3.02. The lowest BCUT2D eigenvalue weighted by atomic mass is 9.82. The van der Waals surface area contributed by atoms with E-state index in [2.05, 4.69) is 0 Å². The van der Waals surface area contributed by atoms with Crippen LogP contribution in [0.15, 0.2) is 47.4 Å². The molecule has 2 aromatic carbocycles. The molecule has 5 nitrogen and oxygen atoms in total. The Morgan fingerprint density at radius 2 is 1.59 bits per heavy atom. The van der Waals surface area contributed by atoms with Crippen LogP contribution in [-0.2, 0) is 21.1 Å². The quantitative estimate of drug-likeness (QED) is 0.663. The van der Waals surface area contributed by atoms with Gasteiger partial charge in [0.15, 0.2) is 21.5 Å². The summed E-state index contributed by atoms with van der Waals surface area (Å²) in [5.74, 6) is -4.22. The second-order valence-electron chi connectivity index (χ2n) is 8.72. The first kappa shape index (κ1) is 22.8. The number of benzene rings is 2. The Morgan fingerprint density at radius 1 is 1.00 bits per heavy atom. The van der Waals surface area contributed by atoms with Crippen molar-refractivity contribution in [3.63, 3.8) is 0 Å². The van der Waals surface area contributed by atoms with Gasteiger partial charge in [-0.25, -0.2) is 21.6 Å². The van der Waals surface area contributed by atoms with Crippen LogP contribution in [0.3, 0.4) is 0 Å². The van der Waals surface area contributed by atoms with Crippen LogP contribution in [0, 0.1) is 23.4 Å². The number of rotatable bonds is 6. The topological polar surface area (TPSA) is 80.5 Å². The van der Waals surface area contributed by atoms with Crippen molar-refractivity contribution in [2.45, 2.75) is 55.1 Å². The van der Waals surface area contributed by atoms with E-state index in [1.165, 1.54) is 12.1 Å². The van der Waals surface area contributed by atoms with Gasteiger partial charge < -0.3 is 10.6 Å². The summed E-state index contributed by atoms with van der Waals surface area (Å²) < 4.78 is 65.9. The number of nitrogens with two attached hydrogens (primary N) is 1. The van der Waals surface area contributed by atoms with Crippen LogP contribution in [0.5, 0.6) is 0 Å². The lowest BCUT2D eigenvalue weighted by Gasteiger charge is -2.41. The molecule has 2 aliphatic rings. The summed E-state index contributed by atoms with van der Waals surface area (Å²) in [6.07, 6.45) is 2.71. The molecule has 4 rings (SSSR count). The maximum atomic E-state index is 14.0. The number of hydrogen-bond donors (Lipinski definition) is 1. The monoisotopic (exact) mass is 466 g/mol. The molecule has 1 amide bonds. The van der Waals surface area contributed by atoms with Crippen molar-refractivity contribution in [1.82, 2.24) is 4.90 Å². The molecule has 0 aromatic heterocycles. The first-order valence-corrected chi connectivity index (χ1v) is 12.3. The van der Waals surface area contributed by atoms with Gasteiger partial charge in [0.25, 0.3) is 0 Å². The third-order valence-corrected chi connectivity index (χ3v) is 8.24. The van der Waals surface area contributed by atoms with Gasteiger partial charge in [0, 0.05) is 24.2 Å². The molecule has 0 radical (unpaired) electrons. The predicted molar refractivity (Wildman–Crippen MR) is 113 cm³/mol. The lowest BCUT2D eigenvalue weighted by Crippen LogP contribution is -2.51. The highest BCUT2D eigenvalue weighted by molar-refractivity contribution is 7.92. The molecular weight excluding hydrogens is 441 g/mol. The third kappa shape index (κ3) is 4.54. The van der Waals surface area contributed by atoms with Crippen molar-refractivity contribution >= 4 is 15.7 Å². The number of nitrogens with zero attached hydrogens (tertiary/aromatic N) is 1. The molecule has 0 spiro atoms. The fraction of sp³-hybridized carbons (Fsp3) is 0.435. The van der Waals surface area contributed by atoms with Crippen molar-refractivity contribution in [3.05, 3.63) is 65.5 Å². The molecule has 9 heteroatoms. The lowest BCUT2D eigenvalue weighted by molar-refractivity contribution is -0.133. The standard InChI is InChI=1S/C23H25F3N2O3S/c24-19-12-21(26)20(25)10-14(19)11-22(27)15-8-16-6-7-17(9-15)28(16)23(29)13-32(30,31)18-4-2-1-3-5-18/h1-5,10,12,15-17,22H,6-9,11,13,27H2/t15?,16-,17+,22-/m1/s1. The number of sulfone groups is 1. The van der Waals surface area contributed by atoms with Gasteiger partial charge in [0.05, 0.1) is 4.90 Å². The Labute approximate surface area is 185 Å². The van der Waals surface area contributed by atoms with Gasteiger partial charge in [0.2, 0.25) is 5.91 Å². The number of halogens is 3. The van der Waals surface area contributed by atoms with Gasteiger partial charge in [-0.05, 0) is 61.8 Å². The summed E-state index contributed by atoms with van der Waals surface area (Å²) in [5.41, 5.74) is 6.33. The number of piperidine rings is 1. The van der Waals surface area contributed by atoms with Crippen LogP contribution >= 0.6 is 0 Å². The first-order chi connectivity index (χ1) is 15.2. The van der Waals surface area contributed by atoms with Crippen LogP contribution in [-0.4, -0.2) is 43.1 Å². The molecule has 0 saturated carbocycles. The number of amides is 1. The fourth-order valence-corrected chi connectivity index (χ4v) is 6.28. The maximum Gasteiger partial charge on any atom is 0.238 e. The molecule has 2 bridgehead atoms. The minimum Gasteiger partial charge on any atom is -0.336 e. The Kier molecular flexibility index (Phi) is 6.31. The van der Waals surface area contributed by atoms with E-state index in [1.807, 2.05) is 0 Å². The van der Waals surface area contributed by atoms with Gasteiger partial charge in [-0.3, -0.25) is 4.79 Å². The highest BCUT2D eigenvalue weighted by Crippen LogP contribution is 2.40. The molecule has 2 heterocycles. The first-order valence-electron chi connectivity index (χ1n) is 10.6. The van der Waals surface area contributed by atoms with Gasteiger partial charge in [0.1, 0.15) is 11.6 Å². The Morgan fingerprint density at radius 3 is 2.22 bits per heavy atom. The zero-order valence-electron chi connectivity index (χ0n) is 17.4. The molecule has 172 valence electrons. The van der Waals surface area contributed by atoms with Gasteiger partial charge in [-0.1, -0.05) is 18.2 Å². The Bertz CT molecular complexity index is 1100. The Hall–Kier alpha value is -2.39. The molecular formula is C23H25F3N2O3S. The van der Waals surface area contributed by atoms with E-state index in [1.54, 1.807) is 23.1 Å². The number of hydrogen-bond acceptors (Lipinski definition) is 4. The number of fused-ring (bicyclic) bond motifs is 2. The molecule has 1 unspecified atom stereocenters. The van der Waals surface area contributed by atoms with Crippen LogP contribution in [0.25, 0.3) is 0 Å². The molecule has 2 aromatic rings. The molecule has 32 heavy (non-hydrogen) atoms. The zero-order chi connectivity index (χ0) is 23.0. The highest BCUT2D eigenvalue weighted by Gasteiger charge is 2.45. The normalized spacial score (nSPS) is 23.9. The van der Waals surface area contributed by atoms with Crippen molar-refractivity contribution in [1.29, 1.82) is 0 Å². The number of carbonyl (C=O) groups excluding carboxylic acids is 1. The summed E-state index contributed by atoms with van der Waals surface area (Å²) in [6.45, 7) is 0. The summed E-state index contributed by atoms with van der Waals surface area (Å²) >= 11 is 0. The van der Waals surface area contributed by atoms with E-state index in [0.717, 1.165) is 18.9 Å². The van der Waals surface area contributed by atoms with Gasteiger partial charge in [-0.15, -0.1) is 0 Å². The summed E-state index contributed by atoms with van der Waals surface area (Å²) in [6, 6.07) is 8.51. The number of carbonyl (C=O) groups is 1. The summed E-state index contributed by atoms with van der Waals surface area (Å²) in [4.78, 5) is 14.7. The van der Waals surface area contributed by atoms with Crippen molar-refractivity contribution in [3.8, 4) is 0 Å². The predicted octanol–water partition coefficient (Wildman–Crippen LogP) is 3.22.